The van der Waals surface area contributed by atoms with Crippen LogP contribution in [0.3, 0.4) is 0 Å². The topological polar surface area (TPSA) is 59.4 Å². The van der Waals surface area contributed by atoms with E-state index in [0.717, 1.165) is 11.3 Å². The van der Waals surface area contributed by atoms with E-state index in [-0.39, 0.29) is 0 Å². The SMILES string of the molecule is Cc1cc(C)nc(OC(C)(C)C(=O)O)c1. The molecule has 1 aromatic rings. The highest BCUT2D eigenvalue weighted by molar-refractivity contribution is 5.76. The quantitative estimate of drug-likeness (QED) is 0.826. The van der Waals surface area contributed by atoms with Crippen LogP contribution in [0.2, 0.25) is 0 Å². The molecule has 0 bridgehead atoms. The highest BCUT2D eigenvalue weighted by Crippen LogP contribution is 2.18. The van der Waals surface area contributed by atoms with E-state index < -0.39 is 11.6 Å². The number of hydrogen-bond donors (Lipinski definition) is 1. The Morgan fingerprint density at radius 1 is 1.40 bits per heavy atom. The molecule has 0 atom stereocenters. The van der Waals surface area contributed by atoms with Gasteiger partial charge in [0.2, 0.25) is 11.5 Å². The van der Waals surface area contributed by atoms with E-state index in [4.69, 9.17) is 9.84 Å². The molecule has 1 rings (SSSR count). The third-order valence-corrected chi connectivity index (χ3v) is 1.95. The summed E-state index contributed by atoms with van der Waals surface area (Å²) in [7, 11) is 0. The standard InChI is InChI=1S/C11H15NO3/c1-7-5-8(2)12-9(6-7)15-11(3,4)10(13)14/h5-6H,1-4H3,(H,13,14). The zero-order valence-electron chi connectivity index (χ0n) is 9.37. The number of rotatable bonds is 3. The Kier molecular flexibility index (Phi) is 2.98. The van der Waals surface area contributed by atoms with Crippen LogP contribution in [0.5, 0.6) is 5.88 Å². The zero-order valence-corrected chi connectivity index (χ0v) is 9.37. The summed E-state index contributed by atoms with van der Waals surface area (Å²) in [5.41, 5.74) is 0.553. The molecule has 0 unspecified atom stereocenters. The van der Waals surface area contributed by atoms with E-state index >= 15 is 0 Å². The number of hydrogen-bond acceptors (Lipinski definition) is 3. The maximum Gasteiger partial charge on any atom is 0.347 e. The number of aliphatic carboxylic acids is 1. The molecule has 0 spiro atoms. The highest BCUT2D eigenvalue weighted by atomic mass is 16.5. The Balaban J connectivity index is 2.94. The fourth-order valence-electron chi connectivity index (χ4n) is 1.16. The molecule has 0 saturated heterocycles. The average molecular weight is 209 g/mol. The van der Waals surface area contributed by atoms with Crippen molar-refractivity contribution in [3.8, 4) is 5.88 Å². The van der Waals surface area contributed by atoms with Gasteiger partial charge in [-0.3, -0.25) is 0 Å². The molecule has 0 aromatic carbocycles. The summed E-state index contributed by atoms with van der Waals surface area (Å²) in [6, 6.07) is 3.62. The first-order valence-corrected chi connectivity index (χ1v) is 4.69. The van der Waals surface area contributed by atoms with Crippen molar-refractivity contribution in [1.82, 2.24) is 4.98 Å². The number of pyridine rings is 1. The predicted molar refractivity (Wildman–Crippen MR) is 56.1 cm³/mol. The molecule has 82 valence electrons. The van der Waals surface area contributed by atoms with Crippen molar-refractivity contribution in [3.05, 3.63) is 23.4 Å². The van der Waals surface area contributed by atoms with Gasteiger partial charge in [-0.15, -0.1) is 0 Å². The number of nitrogens with zero attached hydrogens (tertiary/aromatic N) is 1. The second-order valence-corrected chi connectivity index (χ2v) is 4.04. The van der Waals surface area contributed by atoms with Crippen LogP contribution in [-0.4, -0.2) is 21.7 Å². The lowest BCUT2D eigenvalue weighted by Gasteiger charge is -2.20. The molecule has 0 aliphatic heterocycles. The van der Waals surface area contributed by atoms with Crippen LogP contribution in [0, 0.1) is 13.8 Å². The van der Waals surface area contributed by atoms with Crippen LogP contribution in [0.25, 0.3) is 0 Å². The first-order chi connectivity index (χ1) is 6.81. The molecule has 15 heavy (non-hydrogen) atoms. The minimum Gasteiger partial charge on any atom is -0.478 e. The van der Waals surface area contributed by atoms with Crippen molar-refractivity contribution < 1.29 is 14.6 Å². The lowest BCUT2D eigenvalue weighted by Crippen LogP contribution is -2.38. The summed E-state index contributed by atoms with van der Waals surface area (Å²) in [4.78, 5) is 15.0. The highest BCUT2D eigenvalue weighted by Gasteiger charge is 2.29. The minimum atomic E-state index is -1.26. The van der Waals surface area contributed by atoms with Gasteiger partial charge in [-0.05, 0) is 39.3 Å². The van der Waals surface area contributed by atoms with Gasteiger partial charge in [-0.25, -0.2) is 9.78 Å². The van der Waals surface area contributed by atoms with Gasteiger partial charge in [-0.2, -0.15) is 0 Å². The van der Waals surface area contributed by atoms with E-state index in [1.54, 1.807) is 6.07 Å². The summed E-state index contributed by atoms with van der Waals surface area (Å²) < 4.78 is 5.31. The second kappa shape index (κ2) is 3.88. The van der Waals surface area contributed by atoms with E-state index in [9.17, 15) is 4.79 Å². The van der Waals surface area contributed by atoms with Crippen molar-refractivity contribution >= 4 is 5.97 Å². The summed E-state index contributed by atoms with van der Waals surface area (Å²) in [6.45, 7) is 6.74. The normalized spacial score (nSPS) is 11.2. The number of carbonyl (C=O) groups is 1. The predicted octanol–water partition coefficient (Wildman–Crippen LogP) is 1.94. The monoisotopic (exact) mass is 209 g/mol. The third kappa shape index (κ3) is 2.94. The van der Waals surface area contributed by atoms with E-state index in [1.807, 2.05) is 19.9 Å². The maximum atomic E-state index is 10.8. The van der Waals surface area contributed by atoms with Crippen molar-refractivity contribution in [3.63, 3.8) is 0 Å². The fourth-order valence-corrected chi connectivity index (χ4v) is 1.16. The van der Waals surface area contributed by atoms with E-state index in [1.165, 1.54) is 13.8 Å². The molecule has 4 nitrogen and oxygen atoms in total. The molecule has 1 N–H and O–H groups in total. The van der Waals surface area contributed by atoms with Gasteiger partial charge in [0, 0.05) is 11.8 Å². The molecule has 0 saturated carbocycles. The molecule has 4 heteroatoms. The van der Waals surface area contributed by atoms with Gasteiger partial charge in [0.1, 0.15) is 0 Å². The van der Waals surface area contributed by atoms with Gasteiger partial charge in [-0.1, -0.05) is 0 Å². The van der Waals surface area contributed by atoms with Crippen LogP contribution in [0.4, 0.5) is 0 Å². The Bertz CT molecular complexity index is 365. The Morgan fingerprint density at radius 3 is 2.47 bits per heavy atom. The smallest absolute Gasteiger partial charge is 0.347 e. The molecule has 1 heterocycles. The van der Waals surface area contributed by atoms with Crippen molar-refractivity contribution in [2.24, 2.45) is 0 Å². The number of ether oxygens (including phenoxy) is 1. The molecule has 0 fully saturated rings. The fraction of sp³-hybridized carbons (Fsp3) is 0.455. The molecular weight excluding hydrogens is 194 g/mol. The number of aromatic nitrogens is 1. The van der Waals surface area contributed by atoms with Crippen LogP contribution in [0.15, 0.2) is 12.1 Å². The largest absolute Gasteiger partial charge is 0.478 e. The molecule has 0 radical (unpaired) electrons. The molecule has 0 aliphatic carbocycles. The van der Waals surface area contributed by atoms with Crippen LogP contribution >= 0.6 is 0 Å². The third-order valence-electron chi connectivity index (χ3n) is 1.95. The Hall–Kier alpha value is -1.58. The maximum absolute atomic E-state index is 10.8. The Labute approximate surface area is 88.9 Å². The van der Waals surface area contributed by atoms with E-state index in [0.29, 0.717) is 5.88 Å². The molecule has 0 amide bonds. The summed E-state index contributed by atoms with van der Waals surface area (Å²) in [5.74, 6) is -0.664. The summed E-state index contributed by atoms with van der Waals surface area (Å²) >= 11 is 0. The van der Waals surface area contributed by atoms with Crippen LogP contribution < -0.4 is 4.74 Å². The molecular formula is C11H15NO3. The van der Waals surface area contributed by atoms with Gasteiger partial charge in [0.25, 0.3) is 0 Å². The van der Waals surface area contributed by atoms with E-state index in [2.05, 4.69) is 4.98 Å². The first kappa shape index (κ1) is 11.5. The van der Waals surface area contributed by atoms with Crippen molar-refractivity contribution in [2.45, 2.75) is 33.3 Å². The Morgan fingerprint density at radius 2 is 2.00 bits per heavy atom. The number of carboxylic acids is 1. The van der Waals surface area contributed by atoms with Crippen LogP contribution in [0.1, 0.15) is 25.1 Å². The van der Waals surface area contributed by atoms with Gasteiger partial charge in [0.05, 0.1) is 0 Å². The lowest BCUT2D eigenvalue weighted by molar-refractivity contribution is -0.152. The minimum absolute atomic E-state index is 0.347. The van der Waals surface area contributed by atoms with Crippen molar-refractivity contribution in [2.75, 3.05) is 0 Å². The molecule has 1 aromatic heterocycles. The summed E-state index contributed by atoms with van der Waals surface area (Å²) in [6.07, 6.45) is 0. The van der Waals surface area contributed by atoms with Gasteiger partial charge < -0.3 is 9.84 Å². The van der Waals surface area contributed by atoms with Crippen LogP contribution in [-0.2, 0) is 4.79 Å². The number of carboxylic acid groups (broad SMARTS) is 1. The van der Waals surface area contributed by atoms with Gasteiger partial charge in [0.15, 0.2) is 0 Å². The van der Waals surface area contributed by atoms with Crippen molar-refractivity contribution in [1.29, 1.82) is 0 Å². The number of aryl methyl sites for hydroxylation is 2. The zero-order chi connectivity index (χ0) is 11.6. The lowest BCUT2D eigenvalue weighted by atomic mass is 10.1. The van der Waals surface area contributed by atoms with Gasteiger partial charge >= 0.3 is 5.97 Å². The first-order valence-electron chi connectivity index (χ1n) is 4.69. The second-order valence-electron chi connectivity index (χ2n) is 4.04. The summed E-state index contributed by atoms with van der Waals surface area (Å²) in [5, 5.41) is 8.89. The molecule has 0 aliphatic rings. The average Bonchev–Trinajstić information content (AvgIpc) is 1.99.